The summed E-state index contributed by atoms with van der Waals surface area (Å²) >= 11 is 0. The Bertz CT molecular complexity index is 644. The van der Waals surface area contributed by atoms with Gasteiger partial charge < -0.3 is 10.2 Å². The molecular weight excluding hydrogens is 392 g/mol. The Kier molecular flexibility index (Phi) is 15.7. The standard InChI is InChI=1S/C30H52O2/c1-25(2)15-11-17-27(5)19-13-23-29(7,31)21-9-10-22-30(8,32)24-14-20-28(6)18-12-16-26(3)4/h9,15-16,21,27-28,31-32H,11-14,17-20,23-24H2,1-8H3/b21-9+. The van der Waals surface area contributed by atoms with Gasteiger partial charge in [0.05, 0.1) is 5.60 Å². The average Bonchev–Trinajstić information content (AvgIpc) is 2.64. The van der Waals surface area contributed by atoms with Gasteiger partial charge in [-0.3, -0.25) is 0 Å². The third-order valence-electron chi connectivity index (χ3n) is 6.03. The van der Waals surface area contributed by atoms with Gasteiger partial charge in [-0.2, -0.15) is 0 Å². The van der Waals surface area contributed by atoms with Gasteiger partial charge in [-0.15, -0.1) is 0 Å². The first kappa shape index (κ1) is 30.7. The smallest absolute Gasteiger partial charge is 0.123 e. The summed E-state index contributed by atoms with van der Waals surface area (Å²) in [6.07, 6.45) is 18.4. The molecular formula is C30H52O2. The van der Waals surface area contributed by atoms with E-state index in [1.165, 1.54) is 24.0 Å². The van der Waals surface area contributed by atoms with Crippen LogP contribution in [-0.4, -0.2) is 21.4 Å². The van der Waals surface area contributed by atoms with E-state index in [4.69, 9.17) is 0 Å². The van der Waals surface area contributed by atoms with Crippen LogP contribution in [0.1, 0.15) is 120 Å². The minimum Gasteiger partial charge on any atom is -0.386 e. The molecule has 2 nitrogen and oxygen atoms in total. The van der Waals surface area contributed by atoms with E-state index in [1.807, 2.05) is 6.92 Å². The van der Waals surface area contributed by atoms with Crippen molar-refractivity contribution in [3.05, 3.63) is 35.5 Å². The number of hydrogen-bond donors (Lipinski definition) is 2. The molecule has 0 saturated carbocycles. The molecule has 0 aliphatic carbocycles. The van der Waals surface area contributed by atoms with E-state index in [2.05, 4.69) is 65.5 Å². The van der Waals surface area contributed by atoms with Gasteiger partial charge in [0.25, 0.3) is 0 Å². The molecule has 0 spiro atoms. The van der Waals surface area contributed by atoms with Gasteiger partial charge in [0.1, 0.15) is 5.60 Å². The Morgan fingerprint density at radius 2 is 1.25 bits per heavy atom. The minimum atomic E-state index is -0.976. The molecule has 184 valence electrons. The molecule has 0 aromatic heterocycles. The second-order valence-corrected chi connectivity index (χ2v) is 10.9. The van der Waals surface area contributed by atoms with E-state index in [0.29, 0.717) is 18.3 Å². The summed E-state index contributed by atoms with van der Waals surface area (Å²) < 4.78 is 0. The molecule has 0 aliphatic heterocycles. The molecule has 0 heterocycles. The highest BCUT2D eigenvalue weighted by Crippen LogP contribution is 2.21. The SMILES string of the molecule is CC(C)=CCCC(C)CCCC(C)(O)C#C/C=C/C(C)(O)CCCC(C)CCC=C(C)C. The van der Waals surface area contributed by atoms with E-state index in [-0.39, 0.29) is 0 Å². The van der Waals surface area contributed by atoms with Gasteiger partial charge in [0.2, 0.25) is 0 Å². The Balaban J connectivity index is 4.28. The van der Waals surface area contributed by atoms with Gasteiger partial charge >= 0.3 is 0 Å². The van der Waals surface area contributed by atoms with Crippen LogP contribution in [-0.2, 0) is 0 Å². The Morgan fingerprint density at radius 3 is 1.72 bits per heavy atom. The fourth-order valence-corrected chi connectivity index (χ4v) is 3.77. The van der Waals surface area contributed by atoms with E-state index >= 15 is 0 Å². The first-order valence-corrected chi connectivity index (χ1v) is 12.7. The van der Waals surface area contributed by atoms with Crippen molar-refractivity contribution in [1.29, 1.82) is 0 Å². The number of allylic oxidation sites excluding steroid dienone is 5. The first-order chi connectivity index (χ1) is 14.8. The topological polar surface area (TPSA) is 40.5 Å². The van der Waals surface area contributed by atoms with Crippen molar-refractivity contribution < 1.29 is 10.2 Å². The zero-order valence-corrected chi connectivity index (χ0v) is 22.4. The van der Waals surface area contributed by atoms with E-state index in [0.717, 1.165) is 44.9 Å². The summed E-state index contributed by atoms with van der Waals surface area (Å²) in [6, 6.07) is 0. The lowest BCUT2D eigenvalue weighted by Crippen LogP contribution is -2.22. The summed E-state index contributed by atoms with van der Waals surface area (Å²) in [7, 11) is 0. The average molecular weight is 445 g/mol. The van der Waals surface area contributed by atoms with Crippen molar-refractivity contribution in [2.24, 2.45) is 11.8 Å². The number of hydrogen-bond acceptors (Lipinski definition) is 2. The molecule has 0 amide bonds. The summed E-state index contributed by atoms with van der Waals surface area (Å²) in [4.78, 5) is 0. The van der Waals surface area contributed by atoms with Crippen molar-refractivity contribution in [3.8, 4) is 11.8 Å². The molecule has 0 aliphatic rings. The predicted molar refractivity (Wildman–Crippen MR) is 142 cm³/mol. The maximum absolute atomic E-state index is 10.6. The molecule has 0 aromatic carbocycles. The van der Waals surface area contributed by atoms with Gasteiger partial charge in [0, 0.05) is 0 Å². The van der Waals surface area contributed by atoms with E-state index < -0.39 is 11.2 Å². The molecule has 4 atom stereocenters. The summed E-state index contributed by atoms with van der Waals surface area (Å²) in [5, 5.41) is 21.1. The Labute approximate surface area is 200 Å². The second-order valence-electron chi connectivity index (χ2n) is 10.9. The van der Waals surface area contributed by atoms with Crippen LogP contribution in [0.25, 0.3) is 0 Å². The third kappa shape index (κ3) is 19.4. The minimum absolute atomic E-state index is 0.666. The molecule has 0 saturated heterocycles. The van der Waals surface area contributed by atoms with Crippen molar-refractivity contribution >= 4 is 0 Å². The maximum atomic E-state index is 10.6. The number of aliphatic hydroxyl groups is 2. The van der Waals surface area contributed by atoms with Crippen LogP contribution in [0.3, 0.4) is 0 Å². The predicted octanol–water partition coefficient (Wildman–Crippen LogP) is 8.15. The quantitative estimate of drug-likeness (QED) is 0.197. The molecule has 2 N–H and O–H groups in total. The highest BCUT2D eigenvalue weighted by atomic mass is 16.3. The van der Waals surface area contributed by atoms with Crippen LogP contribution in [0.4, 0.5) is 0 Å². The Hall–Kier alpha value is -1.30. The molecule has 4 unspecified atom stereocenters. The van der Waals surface area contributed by atoms with Crippen molar-refractivity contribution in [2.75, 3.05) is 0 Å². The van der Waals surface area contributed by atoms with Gasteiger partial charge in [-0.25, -0.2) is 0 Å². The van der Waals surface area contributed by atoms with Crippen LogP contribution < -0.4 is 0 Å². The van der Waals surface area contributed by atoms with Crippen molar-refractivity contribution in [2.45, 2.75) is 131 Å². The van der Waals surface area contributed by atoms with Gasteiger partial charge in [0.15, 0.2) is 0 Å². The maximum Gasteiger partial charge on any atom is 0.123 e. The van der Waals surface area contributed by atoms with E-state index in [9.17, 15) is 10.2 Å². The third-order valence-corrected chi connectivity index (χ3v) is 6.03. The number of rotatable bonds is 15. The highest BCUT2D eigenvalue weighted by Gasteiger charge is 2.18. The van der Waals surface area contributed by atoms with Crippen LogP contribution in [0.2, 0.25) is 0 Å². The molecule has 0 aromatic rings. The molecule has 0 bridgehead atoms. The molecule has 2 heteroatoms. The van der Waals surface area contributed by atoms with E-state index in [1.54, 1.807) is 19.1 Å². The fourth-order valence-electron chi connectivity index (χ4n) is 3.77. The van der Waals surface area contributed by atoms with Crippen molar-refractivity contribution in [3.63, 3.8) is 0 Å². The summed E-state index contributed by atoms with van der Waals surface area (Å²) in [6.45, 7) is 16.8. The lowest BCUT2D eigenvalue weighted by molar-refractivity contribution is 0.0970. The first-order valence-electron chi connectivity index (χ1n) is 12.7. The monoisotopic (exact) mass is 444 g/mol. The normalized spacial score (nSPS) is 16.9. The summed E-state index contributed by atoms with van der Waals surface area (Å²) in [5.41, 5.74) is 0.944. The molecule has 0 fully saturated rings. The zero-order chi connectivity index (χ0) is 24.6. The zero-order valence-electron chi connectivity index (χ0n) is 22.4. The van der Waals surface area contributed by atoms with Gasteiger partial charge in [-0.05, 0) is 110 Å². The highest BCUT2D eigenvalue weighted by molar-refractivity contribution is 5.23. The van der Waals surface area contributed by atoms with Crippen LogP contribution in [0.5, 0.6) is 0 Å². The largest absolute Gasteiger partial charge is 0.386 e. The second kappa shape index (κ2) is 16.3. The molecule has 0 rings (SSSR count). The fraction of sp³-hybridized carbons (Fsp3) is 0.733. The lowest BCUT2D eigenvalue weighted by Gasteiger charge is -2.20. The van der Waals surface area contributed by atoms with Crippen molar-refractivity contribution in [1.82, 2.24) is 0 Å². The van der Waals surface area contributed by atoms with Crippen LogP contribution >= 0.6 is 0 Å². The van der Waals surface area contributed by atoms with Gasteiger partial charge in [-0.1, -0.05) is 68.2 Å². The van der Waals surface area contributed by atoms with Crippen LogP contribution in [0, 0.1) is 23.7 Å². The molecule has 0 radical (unpaired) electrons. The van der Waals surface area contributed by atoms with Crippen LogP contribution in [0.15, 0.2) is 35.5 Å². The summed E-state index contributed by atoms with van der Waals surface area (Å²) in [5.74, 6) is 7.25. The Morgan fingerprint density at radius 1 is 0.781 bits per heavy atom. The molecule has 32 heavy (non-hydrogen) atoms. The lowest BCUT2D eigenvalue weighted by atomic mass is 9.92.